The third-order valence-corrected chi connectivity index (χ3v) is 1.65. The molecule has 3 heteroatoms. The second-order valence-electron chi connectivity index (χ2n) is 3.48. The lowest BCUT2D eigenvalue weighted by atomic mass is 10.1. The Kier molecular flexibility index (Phi) is 5.96. The van der Waals surface area contributed by atoms with Gasteiger partial charge in [0.1, 0.15) is 6.10 Å². The molecule has 0 aromatic carbocycles. The highest BCUT2D eigenvalue weighted by molar-refractivity contribution is 5.69. The Hall–Kier alpha value is -1.04. The minimum absolute atomic E-state index is 0.197. The maximum atomic E-state index is 11.2. The molecule has 0 fully saturated rings. The molecule has 0 rings (SSSR count). The van der Waals surface area contributed by atoms with E-state index in [1.54, 1.807) is 0 Å². The van der Waals surface area contributed by atoms with Crippen LogP contribution in [0.15, 0.2) is 0 Å². The maximum Gasteiger partial charge on any atom is 0.306 e. The molecule has 0 heterocycles. The topological polar surface area (TPSA) is 50.1 Å². The van der Waals surface area contributed by atoms with Gasteiger partial charge in [-0.05, 0) is 12.3 Å². The minimum atomic E-state index is -0.226. The normalized spacial score (nSPS) is 12.2. The van der Waals surface area contributed by atoms with Crippen LogP contribution in [-0.4, -0.2) is 12.1 Å². The van der Waals surface area contributed by atoms with Crippen molar-refractivity contribution >= 4 is 5.97 Å². The van der Waals surface area contributed by atoms with Gasteiger partial charge in [0.25, 0.3) is 0 Å². The molecule has 0 aliphatic carbocycles. The maximum absolute atomic E-state index is 11.2. The van der Waals surface area contributed by atoms with Crippen molar-refractivity contribution in [1.29, 1.82) is 5.26 Å². The highest BCUT2D eigenvalue weighted by atomic mass is 16.5. The summed E-state index contributed by atoms with van der Waals surface area (Å²) in [5, 5.41) is 8.42. The van der Waals surface area contributed by atoms with Crippen LogP contribution >= 0.6 is 0 Å². The molecular weight excluding hydrogens is 166 g/mol. The van der Waals surface area contributed by atoms with Crippen LogP contribution in [0, 0.1) is 17.2 Å². The minimum Gasteiger partial charge on any atom is -0.461 e. The van der Waals surface area contributed by atoms with E-state index in [1.807, 2.05) is 26.8 Å². The fourth-order valence-electron chi connectivity index (χ4n) is 0.938. The van der Waals surface area contributed by atoms with Crippen molar-refractivity contribution in [2.45, 2.75) is 46.1 Å². The van der Waals surface area contributed by atoms with E-state index >= 15 is 0 Å². The predicted molar refractivity (Wildman–Crippen MR) is 49.9 cm³/mol. The molecule has 1 unspecified atom stereocenters. The molecule has 0 aromatic heterocycles. The first kappa shape index (κ1) is 12.0. The summed E-state index contributed by atoms with van der Waals surface area (Å²) < 4.78 is 5.09. The summed E-state index contributed by atoms with van der Waals surface area (Å²) in [5.74, 6) is 0.115. The number of esters is 1. The van der Waals surface area contributed by atoms with Crippen LogP contribution in [0.2, 0.25) is 0 Å². The number of carbonyl (C=O) groups excluding carboxylic acids is 1. The Balaban J connectivity index is 3.81. The number of rotatable bonds is 5. The van der Waals surface area contributed by atoms with E-state index < -0.39 is 0 Å². The van der Waals surface area contributed by atoms with Crippen LogP contribution in [0.4, 0.5) is 0 Å². The quantitative estimate of drug-likeness (QED) is 0.614. The van der Waals surface area contributed by atoms with Crippen molar-refractivity contribution in [2.24, 2.45) is 5.92 Å². The van der Waals surface area contributed by atoms with Crippen LogP contribution in [0.3, 0.4) is 0 Å². The summed E-state index contributed by atoms with van der Waals surface area (Å²) in [5.41, 5.74) is 0. The predicted octanol–water partition coefficient (Wildman–Crippen LogP) is 2.27. The van der Waals surface area contributed by atoms with Gasteiger partial charge in [-0.2, -0.15) is 5.26 Å². The number of nitrogens with zero attached hydrogens (tertiary/aromatic N) is 1. The Bertz CT molecular complexity index is 194. The fourth-order valence-corrected chi connectivity index (χ4v) is 0.938. The molecular formula is C10H17NO2. The zero-order valence-electron chi connectivity index (χ0n) is 8.54. The third kappa shape index (κ3) is 6.15. The second-order valence-corrected chi connectivity index (χ2v) is 3.48. The smallest absolute Gasteiger partial charge is 0.306 e. The molecule has 0 amide bonds. The van der Waals surface area contributed by atoms with Crippen LogP contribution < -0.4 is 0 Å². The molecule has 0 N–H and O–H groups in total. The fraction of sp³-hybridized carbons (Fsp3) is 0.800. The largest absolute Gasteiger partial charge is 0.461 e. The van der Waals surface area contributed by atoms with Crippen LogP contribution in [0.5, 0.6) is 0 Å². The molecule has 0 aromatic rings. The SMILES string of the molecule is CCC(CC#N)OC(=O)CC(C)C. The van der Waals surface area contributed by atoms with Crippen LogP contribution in [-0.2, 0) is 9.53 Å². The standard InChI is InChI=1S/C10H17NO2/c1-4-9(5-6-11)13-10(12)7-8(2)3/h8-9H,4-5,7H2,1-3H3. The van der Waals surface area contributed by atoms with Gasteiger partial charge in [0.2, 0.25) is 0 Å². The lowest BCUT2D eigenvalue weighted by Gasteiger charge is -2.13. The molecule has 0 radical (unpaired) electrons. The first-order chi connectivity index (χ1) is 6.10. The van der Waals surface area contributed by atoms with Crippen LogP contribution in [0.1, 0.15) is 40.0 Å². The Labute approximate surface area is 79.7 Å². The first-order valence-electron chi connectivity index (χ1n) is 4.66. The van der Waals surface area contributed by atoms with E-state index in [1.165, 1.54) is 0 Å². The zero-order valence-corrected chi connectivity index (χ0v) is 8.54. The number of carbonyl (C=O) groups is 1. The number of hydrogen-bond donors (Lipinski definition) is 0. The zero-order chi connectivity index (χ0) is 10.3. The lowest BCUT2D eigenvalue weighted by molar-refractivity contribution is -0.149. The van der Waals surface area contributed by atoms with Gasteiger partial charge in [0, 0.05) is 6.42 Å². The molecule has 3 nitrogen and oxygen atoms in total. The molecule has 0 spiro atoms. The lowest BCUT2D eigenvalue weighted by Crippen LogP contribution is -2.18. The second kappa shape index (κ2) is 6.47. The third-order valence-electron chi connectivity index (χ3n) is 1.65. The Morgan fingerprint density at radius 2 is 2.15 bits per heavy atom. The van der Waals surface area contributed by atoms with E-state index in [-0.39, 0.29) is 12.1 Å². The number of ether oxygens (including phenoxy) is 1. The van der Waals surface area contributed by atoms with Gasteiger partial charge in [-0.15, -0.1) is 0 Å². The molecule has 0 saturated heterocycles. The van der Waals surface area contributed by atoms with Gasteiger partial charge < -0.3 is 4.74 Å². The van der Waals surface area contributed by atoms with E-state index in [4.69, 9.17) is 10.00 Å². The number of nitriles is 1. The van der Waals surface area contributed by atoms with Crippen molar-refractivity contribution in [3.63, 3.8) is 0 Å². The molecule has 0 aliphatic heterocycles. The van der Waals surface area contributed by atoms with Gasteiger partial charge >= 0.3 is 5.97 Å². The molecule has 0 bridgehead atoms. The van der Waals surface area contributed by atoms with E-state index in [2.05, 4.69) is 0 Å². The van der Waals surface area contributed by atoms with Gasteiger partial charge in [-0.25, -0.2) is 0 Å². The Morgan fingerprint density at radius 3 is 2.54 bits per heavy atom. The summed E-state index contributed by atoms with van der Waals surface area (Å²) in [6, 6.07) is 2.00. The van der Waals surface area contributed by atoms with Gasteiger partial charge in [-0.1, -0.05) is 20.8 Å². The number of hydrogen-bond acceptors (Lipinski definition) is 3. The molecule has 74 valence electrons. The van der Waals surface area contributed by atoms with Crippen molar-refractivity contribution in [3.8, 4) is 6.07 Å². The first-order valence-corrected chi connectivity index (χ1v) is 4.66. The average molecular weight is 183 g/mol. The van der Waals surface area contributed by atoms with Gasteiger partial charge in [0.05, 0.1) is 12.5 Å². The van der Waals surface area contributed by atoms with Crippen LogP contribution in [0.25, 0.3) is 0 Å². The molecule has 13 heavy (non-hydrogen) atoms. The van der Waals surface area contributed by atoms with Gasteiger partial charge in [-0.3, -0.25) is 4.79 Å². The summed E-state index contributed by atoms with van der Waals surface area (Å²) in [4.78, 5) is 11.2. The molecule has 0 aliphatic rings. The highest BCUT2D eigenvalue weighted by Crippen LogP contribution is 2.07. The van der Waals surface area contributed by atoms with Crippen molar-refractivity contribution in [1.82, 2.24) is 0 Å². The van der Waals surface area contributed by atoms with E-state index in [0.717, 1.165) is 0 Å². The summed E-state index contributed by atoms with van der Waals surface area (Å²) in [6.07, 6.45) is 1.20. The summed E-state index contributed by atoms with van der Waals surface area (Å²) in [6.45, 7) is 5.84. The van der Waals surface area contributed by atoms with E-state index in [9.17, 15) is 4.79 Å². The van der Waals surface area contributed by atoms with Gasteiger partial charge in [0.15, 0.2) is 0 Å². The monoisotopic (exact) mass is 183 g/mol. The van der Waals surface area contributed by atoms with Crippen molar-refractivity contribution in [2.75, 3.05) is 0 Å². The highest BCUT2D eigenvalue weighted by Gasteiger charge is 2.12. The summed E-state index contributed by atoms with van der Waals surface area (Å²) >= 11 is 0. The van der Waals surface area contributed by atoms with Crippen molar-refractivity contribution < 1.29 is 9.53 Å². The summed E-state index contributed by atoms with van der Waals surface area (Å²) in [7, 11) is 0. The van der Waals surface area contributed by atoms with E-state index in [0.29, 0.717) is 25.2 Å². The average Bonchev–Trinajstić information content (AvgIpc) is 2.02. The molecule has 1 atom stereocenters. The molecule has 0 saturated carbocycles. The Morgan fingerprint density at radius 1 is 1.54 bits per heavy atom. The van der Waals surface area contributed by atoms with Crippen molar-refractivity contribution in [3.05, 3.63) is 0 Å².